The Balaban J connectivity index is 1.86. The monoisotopic (exact) mass is 246 g/mol. The molecule has 0 atom stereocenters. The summed E-state index contributed by atoms with van der Waals surface area (Å²) >= 11 is 5.83. The van der Waals surface area contributed by atoms with Gasteiger partial charge in [0.1, 0.15) is 12.1 Å². The van der Waals surface area contributed by atoms with Crippen molar-refractivity contribution in [3.8, 4) is 0 Å². The number of nitrogens with zero attached hydrogens (tertiary/aromatic N) is 4. The molecule has 0 bridgehead atoms. The van der Waals surface area contributed by atoms with Crippen molar-refractivity contribution in [1.82, 2.24) is 15.0 Å². The Morgan fingerprint density at radius 1 is 1.18 bits per heavy atom. The number of hydrogen-bond acceptors (Lipinski definition) is 4. The van der Waals surface area contributed by atoms with Crippen LogP contribution in [0.2, 0.25) is 5.02 Å². The molecule has 1 aliphatic rings. The topological polar surface area (TPSA) is 41.9 Å². The first-order chi connectivity index (χ1) is 8.33. The normalized spacial score (nSPS) is 14.5. The molecule has 86 valence electrons. The summed E-state index contributed by atoms with van der Waals surface area (Å²) in [5, 5.41) is 0.662. The summed E-state index contributed by atoms with van der Waals surface area (Å²) in [6.07, 6.45) is 6.09. The van der Waals surface area contributed by atoms with E-state index in [2.05, 4.69) is 19.9 Å². The first-order valence-electron chi connectivity index (χ1n) is 5.47. The Bertz CT molecular complexity index is 526. The maximum atomic E-state index is 5.83. The molecule has 0 saturated carbocycles. The molecule has 0 aliphatic carbocycles. The van der Waals surface area contributed by atoms with Crippen LogP contribution in [0.25, 0.3) is 0 Å². The van der Waals surface area contributed by atoms with Gasteiger partial charge in [0.15, 0.2) is 0 Å². The van der Waals surface area contributed by atoms with Crippen LogP contribution in [0.15, 0.2) is 30.9 Å². The van der Waals surface area contributed by atoms with Crippen LogP contribution in [0, 0.1) is 0 Å². The van der Waals surface area contributed by atoms with E-state index in [1.807, 2.05) is 18.3 Å². The van der Waals surface area contributed by atoms with Gasteiger partial charge in [0.25, 0.3) is 0 Å². The maximum absolute atomic E-state index is 5.83. The Labute approximate surface area is 104 Å². The van der Waals surface area contributed by atoms with Crippen LogP contribution < -0.4 is 4.90 Å². The number of rotatable bonds is 1. The first-order valence-corrected chi connectivity index (χ1v) is 5.85. The van der Waals surface area contributed by atoms with Crippen molar-refractivity contribution in [2.75, 3.05) is 11.4 Å². The molecule has 5 heteroatoms. The zero-order chi connectivity index (χ0) is 11.7. The number of hydrogen-bond donors (Lipinski definition) is 0. The van der Waals surface area contributed by atoms with Crippen molar-refractivity contribution >= 4 is 17.4 Å². The van der Waals surface area contributed by atoms with E-state index in [-0.39, 0.29) is 0 Å². The summed E-state index contributed by atoms with van der Waals surface area (Å²) in [5.41, 5.74) is 2.32. The molecule has 0 saturated heterocycles. The highest BCUT2D eigenvalue weighted by atomic mass is 35.5. The summed E-state index contributed by atoms with van der Waals surface area (Å²) in [5.74, 6) is 0.948. The highest BCUT2D eigenvalue weighted by Crippen LogP contribution is 2.21. The van der Waals surface area contributed by atoms with Crippen LogP contribution in [-0.2, 0) is 13.0 Å². The molecule has 3 heterocycles. The third-order valence-electron chi connectivity index (χ3n) is 2.90. The van der Waals surface area contributed by atoms with Crippen LogP contribution >= 0.6 is 11.6 Å². The second-order valence-corrected chi connectivity index (χ2v) is 4.44. The van der Waals surface area contributed by atoms with E-state index in [0.717, 1.165) is 31.0 Å². The second-order valence-electron chi connectivity index (χ2n) is 4.00. The molecule has 0 amide bonds. The first kappa shape index (κ1) is 10.5. The van der Waals surface area contributed by atoms with Crippen LogP contribution in [-0.4, -0.2) is 21.5 Å². The summed E-state index contributed by atoms with van der Waals surface area (Å²) in [6, 6.07) is 3.80. The lowest BCUT2D eigenvalue weighted by molar-refractivity contribution is 0.696. The summed E-state index contributed by atoms with van der Waals surface area (Å²) in [7, 11) is 0. The van der Waals surface area contributed by atoms with Crippen molar-refractivity contribution in [3.63, 3.8) is 0 Å². The number of anilines is 1. The molecule has 1 aliphatic heterocycles. The average Bonchev–Trinajstić information content (AvgIpc) is 2.39. The minimum Gasteiger partial charge on any atom is -0.352 e. The van der Waals surface area contributed by atoms with Gasteiger partial charge in [-0.25, -0.2) is 15.0 Å². The lowest BCUT2D eigenvalue weighted by atomic mass is 10.1. The summed E-state index contributed by atoms with van der Waals surface area (Å²) in [4.78, 5) is 14.9. The molecule has 0 radical (unpaired) electrons. The zero-order valence-electron chi connectivity index (χ0n) is 9.17. The van der Waals surface area contributed by atoms with Crippen molar-refractivity contribution < 1.29 is 0 Å². The van der Waals surface area contributed by atoms with Crippen LogP contribution in [0.1, 0.15) is 11.3 Å². The number of pyridine rings is 1. The van der Waals surface area contributed by atoms with Gasteiger partial charge in [0, 0.05) is 37.5 Å². The van der Waals surface area contributed by atoms with Gasteiger partial charge in [0.2, 0.25) is 0 Å². The van der Waals surface area contributed by atoms with Crippen molar-refractivity contribution in [1.29, 1.82) is 0 Å². The largest absolute Gasteiger partial charge is 0.352 e. The summed E-state index contributed by atoms with van der Waals surface area (Å²) in [6.45, 7) is 1.74. The lowest BCUT2D eigenvalue weighted by Gasteiger charge is -2.28. The highest BCUT2D eigenvalue weighted by Gasteiger charge is 2.18. The van der Waals surface area contributed by atoms with E-state index >= 15 is 0 Å². The molecule has 17 heavy (non-hydrogen) atoms. The van der Waals surface area contributed by atoms with Gasteiger partial charge in [0.05, 0.1) is 10.7 Å². The lowest BCUT2D eigenvalue weighted by Crippen LogP contribution is -2.31. The Morgan fingerprint density at radius 2 is 2.12 bits per heavy atom. The molecule has 0 unspecified atom stereocenters. The van der Waals surface area contributed by atoms with Crippen LogP contribution in [0.4, 0.5) is 5.82 Å². The molecular formula is C12H11ClN4. The molecule has 0 fully saturated rings. The predicted octanol–water partition coefficient (Wildman–Crippen LogP) is 2.09. The number of halogens is 1. The van der Waals surface area contributed by atoms with E-state index in [4.69, 9.17) is 11.6 Å². The molecule has 3 rings (SSSR count). The predicted molar refractivity (Wildman–Crippen MR) is 66.0 cm³/mol. The van der Waals surface area contributed by atoms with E-state index < -0.39 is 0 Å². The quantitative estimate of drug-likeness (QED) is 0.773. The Morgan fingerprint density at radius 3 is 2.94 bits per heavy atom. The van der Waals surface area contributed by atoms with E-state index in [1.165, 1.54) is 5.56 Å². The van der Waals surface area contributed by atoms with Gasteiger partial charge < -0.3 is 4.90 Å². The maximum Gasteiger partial charge on any atom is 0.128 e. The number of aromatic nitrogens is 3. The van der Waals surface area contributed by atoms with Gasteiger partial charge in [-0.15, -0.1) is 0 Å². The summed E-state index contributed by atoms with van der Waals surface area (Å²) < 4.78 is 0. The van der Waals surface area contributed by atoms with Gasteiger partial charge >= 0.3 is 0 Å². The van der Waals surface area contributed by atoms with Gasteiger partial charge in [-0.1, -0.05) is 11.6 Å². The van der Waals surface area contributed by atoms with Crippen molar-refractivity contribution in [2.24, 2.45) is 0 Å². The molecular weight excluding hydrogens is 236 g/mol. The van der Waals surface area contributed by atoms with Crippen LogP contribution in [0.3, 0.4) is 0 Å². The molecule has 0 aromatic carbocycles. The fourth-order valence-corrected chi connectivity index (χ4v) is 2.13. The van der Waals surface area contributed by atoms with Crippen LogP contribution in [0.5, 0.6) is 0 Å². The molecule has 2 aromatic rings. The number of fused-ring (bicyclic) bond motifs is 1. The van der Waals surface area contributed by atoms with E-state index in [0.29, 0.717) is 5.02 Å². The van der Waals surface area contributed by atoms with Gasteiger partial charge in [-0.05, 0) is 12.1 Å². The molecule has 0 N–H and O–H groups in total. The SMILES string of the molecule is Clc1ccc(N2CCc3ncncc3C2)nc1. The zero-order valence-corrected chi connectivity index (χ0v) is 9.93. The Kier molecular flexibility index (Phi) is 2.65. The van der Waals surface area contributed by atoms with Crippen molar-refractivity contribution in [2.45, 2.75) is 13.0 Å². The Hall–Kier alpha value is -1.68. The third kappa shape index (κ3) is 2.08. The highest BCUT2D eigenvalue weighted by molar-refractivity contribution is 6.30. The van der Waals surface area contributed by atoms with Crippen molar-refractivity contribution in [3.05, 3.63) is 47.1 Å². The fourth-order valence-electron chi connectivity index (χ4n) is 2.02. The van der Waals surface area contributed by atoms with E-state index in [1.54, 1.807) is 12.5 Å². The minimum absolute atomic E-state index is 0.662. The molecule has 2 aromatic heterocycles. The fraction of sp³-hybridized carbons (Fsp3) is 0.250. The molecule has 4 nitrogen and oxygen atoms in total. The van der Waals surface area contributed by atoms with Gasteiger partial charge in [-0.3, -0.25) is 0 Å². The third-order valence-corrected chi connectivity index (χ3v) is 3.12. The standard InChI is InChI=1S/C12H11ClN4/c13-10-1-2-12(15-6-10)17-4-3-11-9(7-17)5-14-8-16-11/h1-2,5-6,8H,3-4,7H2. The smallest absolute Gasteiger partial charge is 0.128 e. The van der Waals surface area contributed by atoms with Gasteiger partial charge in [-0.2, -0.15) is 0 Å². The molecule has 0 spiro atoms. The second kappa shape index (κ2) is 4.30. The average molecular weight is 247 g/mol. The minimum atomic E-state index is 0.662. The van der Waals surface area contributed by atoms with E-state index in [9.17, 15) is 0 Å².